The highest BCUT2D eigenvalue weighted by molar-refractivity contribution is 6.35. The number of carbonyl (C=O) groups excluding carboxylic acids is 1. The van der Waals surface area contributed by atoms with Crippen LogP contribution in [0.4, 0.5) is 8.78 Å². The molecule has 1 saturated heterocycles. The van der Waals surface area contributed by atoms with Crippen LogP contribution in [0.25, 0.3) is 22.2 Å². The van der Waals surface area contributed by atoms with Crippen molar-refractivity contribution >= 4 is 28.4 Å². The van der Waals surface area contributed by atoms with Gasteiger partial charge in [-0.05, 0) is 30.3 Å². The number of hydrogen-bond donors (Lipinski definition) is 2. The highest BCUT2D eigenvalue weighted by atomic mass is 35.5. The third-order valence-corrected chi connectivity index (χ3v) is 5.36. The number of halogens is 3. The Morgan fingerprint density at radius 2 is 1.83 bits per heavy atom. The first kappa shape index (κ1) is 19.7. The number of nitrogens with one attached hydrogen (secondary N) is 1. The van der Waals surface area contributed by atoms with Crippen LogP contribution < -0.4 is 11.1 Å². The lowest BCUT2D eigenvalue weighted by Crippen LogP contribution is -2.46. The summed E-state index contributed by atoms with van der Waals surface area (Å²) in [4.78, 5) is 19.0. The van der Waals surface area contributed by atoms with Crippen molar-refractivity contribution in [1.82, 2.24) is 15.2 Å². The molecule has 150 valence electrons. The SMILES string of the molecule is NCc1c(F)cc(-c2cc(Cl)c3ccc(C(=O)N4CCNCC4)cc3n2)cc1F. The van der Waals surface area contributed by atoms with Crippen LogP contribution in [0.5, 0.6) is 0 Å². The number of aromatic nitrogens is 1. The molecule has 0 aliphatic carbocycles. The Morgan fingerprint density at radius 1 is 1.14 bits per heavy atom. The van der Waals surface area contributed by atoms with Gasteiger partial charge in [0.25, 0.3) is 5.91 Å². The van der Waals surface area contributed by atoms with Crippen molar-refractivity contribution in [3.63, 3.8) is 0 Å². The van der Waals surface area contributed by atoms with E-state index in [4.69, 9.17) is 17.3 Å². The number of piperazine rings is 1. The smallest absolute Gasteiger partial charge is 0.254 e. The zero-order valence-corrected chi connectivity index (χ0v) is 16.3. The first-order valence-corrected chi connectivity index (χ1v) is 9.64. The number of nitrogens with two attached hydrogens (primary N) is 1. The molecule has 0 bridgehead atoms. The van der Waals surface area contributed by atoms with E-state index in [1.54, 1.807) is 29.2 Å². The predicted molar refractivity (Wildman–Crippen MR) is 109 cm³/mol. The minimum atomic E-state index is -0.733. The molecule has 2 heterocycles. The van der Waals surface area contributed by atoms with E-state index in [1.165, 1.54) is 12.1 Å². The molecule has 3 N–H and O–H groups in total. The van der Waals surface area contributed by atoms with Gasteiger partial charge in [-0.1, -0.05) is 17.7 Å². The fraction of sp³-hybridized carbons (Fsp3) is 0.238. The van der Waals surface area contributed by atoms with Crippen molar-refractivity contribution in [2.24, 2.45) is 5.73 Å². The summed E-state index contributed by atoms with van der Waals surface area (Å²) in [6, 6.07) is 9.04. The van der Waals surface area contributed by atoms with Crippen molar-refractivity contribution in [3.8, 4) is 11.3 Å². The van der Waals surface area contributed by atoms with Gasteiger partial charge in [-0.15, -0.1) is 0 Å². The van der Waals surface area contributed by atoms with Gasteiger partial charge < -0.3 is 16.0 Å². The van der Waals surface area contributed by atoms with Crippen molar-refractivity contribution < 1.29 is 13.6 Å². The number of hydrogen-bond acceptors (Lipinski definition) is 4. The largest absolute Gasteiger partial charge is 0.336 e. The summed E-state index contributed by atoms with van der Waals surface area (Å²) in [6.45, 7) is 2.54. The standard InChI is InChI=1S/C21H19ClF2N4O/c22-16-10-19(13-7-17(23)15(11-25)18(24)8-13)27-20-9-12(1-2-14(16)20)21(29)28-5-3-26-4-6-28/h1-2,7-10,26H,3-6,11,25H2. The molecule has 1 aliphatic rings. The Hall–Kier alpha value is -2.61. The van der Waals surface area contributed by atoms with E-state index in [2.05, 4.69) is 10.3 Å². The molecule has 29 heavy (non-hydrogen) atoms. The first-order valence-electron chi connectivity index (χ1n) is 9.26. The Balaban J connectivity index is 1.76. The van der Waals surface area contributed by atoms with Gasteiger partial charge in [0, 0.05) is 54.8 Å². The highest BCUT2D eigenvalue weighted by Crippen LogP contribution is 2.30. The van der Waals surface area contributed by atoms with Crippen LogP contribution in [0, 0.1) is 11.6 Å². The molecule has 0 atom stereocenters. The van der Waals surface area contributed by atoms with Gasteiger partial charge in [-0.25, -0.2) is 13.8 Å². The third-order valence-electron chi connectivity index (χ3n) is 5.05. The number of rotatable bonds is 3. The average molecular weight is 417 g/mol. The number of fused-ring (bicyclic) bond motifs is 1. The lowest BCUT2D eigenvalue weighted by Gasteiger charge is -2.27. The maximum absolute atomic E-state index is 14.2. The van der Waals surface area contributed by atoms with Crippen LogP contribution in [-0.2, 0) is 6.54 Å². The fourth-order valence-corrected chi connectivity index (χ4v) is 3.73. The normalized spacial score (nSPS) is 14.4. The molecule has 0 spiro atoms. The lowest BCUT2D eigenvalue weighted by molar-refractivity contribution is 0.0736. The number of carbonyl (C=O) groups is 1. The molecule has 1 aromatic heterocycles. The summed E-state index contributed by atoms with van der Waals surface area (Å²) in [5, 5.41) is 4.25. The first-order chi connectivity index (χ1) is 14.0. The van der Waals surface area contributed by atoms with E-state index in [1.807, 2.05) is 0 Å². The zero-order valence-electron chi connectivity index (χ0n) is 15.5. The maximum Gasteiger partial charge on any atom is 0.254 e. The molecule has 8 heteroatoms. The van der Waals surface area contributed by atoms with Crippen LogP contribution in [0.15, 0.2) is 36.4 Å². The molecule has 3 aromatic rings. The topological polar surface area (TPSA) is 71.2 Å². The zero-order chi connectivity index (χ0) is 20.5. The van der Waals surface area contributed by atoms with Crippen molar-refractivity contribution in [2.75, 3.05) is 26.2 Å². The molecule has 1 aliphatic heterocycles. The van der Waals surface area contributed by atoms with E-state index in [0.717, 1.165) is 13.1 Å². The Kier molecular flexibility index (Phi) is 5.45. The highest BCUT2D eigenvalue weighted by Gasteiger charge is 2.19. The summed E-state index contributed by atoms with van der Waals surface area (Å²) in [6.07, 6.45) is 0. The lowest BCUT2D eigenvalue weighted by atomic mass is 10.0. The van der Waals surface area contributed by atoms with Gasteiger partial charge in [-0.2, -0.15) is 0 Å². The minimum absolute atomic E-state index is 0.0823. The van der Waals surface area contributed by atoms with Crippen molar-refractivity contribution in [3.05, 3.63) is 64.2 Å². The summed E-state index contributed by atoms with van der Waals surface area (Å²) in [5.74, 6) is -1.55. The Bertz CT molecular complexity index is 1080. The molecule has 2 aromatic carbocycles. The van der Waals surface area contributed by atoms with E-state index in [0.29, 0.717) is 40.3 Å². The molecule has 1 fully saturated rings. The van der Waals surface area contributed by atoms with Crippen LogP contribution in [0.2, 0.25) is 5.02 Å². The second-order valence-electron chi connectivity index (χ2n) is 6.89. The number of benzene rings is 2. The molecule has 0 saturated carbocycles. The van der Waals surface area contributed by atoms with Gasteiger partial charge in [0.1, 0.15) is 11.6 Å². The van der Waals surface area contributed by atoms with Crippen molar-refractivity contribution in [2.45, 2.75) is 6.54 Å². The molecule has 0 unspecified atom stereocenters. The van der Waals surface area contributed by atoms with Gasteiger partial charge in [0.05, 0.1) is 16.2 Å². The fourth-order valence-electron chi connectivity index (χ4n) is 3.46. The van der Waals surface area contributed by atoms with Crippen LogP contribution in [0.3, 0.4) is 0 Å². The van der Waals surface area contributed by atoms with E-state index >= 15 is 0 Å². The number of nitrogens with zero attached hydrogens (tertiary/aromatic N) is 2. The average Bonchev–Trinajstić information content (AvgIpc) is 2.73. The number of amides is 1. The second kappa shape index (κ2) is 8.02. The number of pyridine rings is 1. The molecular weight excluding hydrogens is 398 g/mol. The quantitative estimate of drug-likeness (QED) is 0.687. The third kappa shape index (κ3) is 3.81. The van der Waals surface area contributed by atoms with E-state index in [-0.39, 0.29) is 23.6 Å². The second-order valence-corrected chi connectivity index (χ2v) is 7.29. The van der Waals surface area contributed by atoms with Crippen LogP contribution >= 0.6 is 11.6 Å². The molecule has 5 nitrogen and oxygen atoms in total. The maximum atomic E-state index is 14.2. The summed E-state index contributed by atoms with van der Waals surface area (Å²) in [5.41, 5.74) is 6.76. The Morgan fingerprint density at radius 3 is 2.48 bits per heavy atom. The van der Waals surface area contributed by atoms with Gasteiger partial charge in [0.2, 0.25) is 0 Å². The van der Waals surface area contributed by atoms with Gasteiger partial charge in [0.15, 0.2) is 0 Å². The van der Waals surface area contributed by atoms with Crippen molar-refractivity contribution in [1.29, 1.82) is 0 Å². The van der Waals surface area contributed by atoms with Crippen LogP contribution in [-0.4, -0.2) is 42.0 Å². The minimum Gasteiger partial charge on any atom is -0.336 e. The predicted octanol–water partition coefficient (Wildman–Crippen LogP) is 3.34. The van der Waals surface area contributed by atoms with Gasteiger partial charge >= 0.3 is 0 Å². The molecule has 1 amide bonds. The van der Waals surface area contributed by atoms with Gasteiger partial charge in [-0.3, -0.25) is 4.79 Å². The monoisotopic (exact) mass is 416 g/mol. The van der Waals surface area contributed by atoms with E-state index < -0.39 is 11.6 Å². The van der Waals surface area contributed by atoms with Crippen LogP contribution in [0.1, 0.15) is 15.9 Å². The Labute approximate surface area is 171 Å². The molecule has 4 rings (SSSR count). The summed E-state index contributed by atoms with van der Waals surface area (Å²) in [7, 11) is 0. The molecule has 0 radical (unpaired) electrons. The molecular formula is C21H19ClF2N4O. The summed E-state index contributed by atoms with van der Waals surface area (Å²) >= 11 is 6.38. The van der Waals surface area contributed by atoms with E-state index in [9.17, 15) is 13.6 Å². The summed E-state index contributed by atoms with van der Waals surface area (Å²) < 4.78 is 28.3.